The Bertz CT molecular complexity index is 1250. The van der Waals surface area contributed by atoms with E-state index in [4.69, 9.17) is 14.2 Å². The molecule has 2 aromatic heterocycles. The number of hydrogen-bond donors (Lipinski definition) is 1. The molecule has 0 aliphatic heterocycles. The lowest BCUT2D eigenvalue weighted by Gasteiger charge is -2.12. The number of ether oxygens (including phenoxy) is 3. The van der Waals surface area contributed by atoms with Crippen LogP contribution in [-0.2, 0) is 9.53 Å². The van der Waals surface area contributed by atoms with E-state index >= 15 is 0 Å². The largest absolute Gasteiger partial charge is 0.497 e. The maximum absolute atomic E-state index is 12.9. The van der Waals surface area contributed by atoms with E-state index in [0.29, 0.717) is 28.6 Å². The van der Waals surface area contributed by atoms with E-state index in [1.165, 1.54) is 30.2 Å². The highest BCUT2D eigenvalue weighted by Crippen LogP contribution is 2.29. The fourth-order valence-electron chi connectivity index (χ4n) is 3.14. The summed E-state index contributed by atoms with van der Waals surface area (Å²) < 4.78 is 17.3. The zero-order chi connectivity index (χ0) is 23.2. The van der Waals surface area contributed by atoms with Gasteiger partial charge in [0.05, 0.1) is 30.5 Å². The van der Waals surface area contributed by atoms with Gasteiger partial charge in [-0.25, -0.2) is 9.48 Å². The van der Waals surface area contributed by atoms with E-state index in [2.05, 4.69) is 10.4 Å². The van der Waals surface area contributed by atoms with Gasteiger partial charge in [0, 0.05) is 12.1 Å². The maximum Gasteiger partial charge on any atom is 0.357 e. The molecule has 0 aliphatic carbocycles. The third-order valence-electron chi connectivity index (χ3n) is 4.71. The Morgan fingerprint density at radius 2 is 1.82 bits per heavy atom. The third kappa shape index (κ3) is 5.04. The number of thiophene rings is 1. The predicted molar refractivity (Wildman–Crippen MR) is 125 cm³/mol. The van der Waals surface area contributed by atoms with Crippen molar-refractivity contribution in [2.45, 2.75) is 0 Å². The van der Waals surface area contributed by atoms with Crippen LogP contribution in [0, 0.1) is 0 Å². The Kier molecular flexibility index (Phi) is 6.70. The van der Waals surface area contributed by atoms with E-state index in [1.807, 2.05) is 47.8 Å². The Morgan fingerprint density at radius 3 is 2.52 bits per heavy atom. The van der Waals surface area contributed by atoms with Crippen molar-refractivity contribution in [2.24, 2.45) is 0 Å². The summed E-state index contributed by atoms with van der Waals surface area (Å²) in [5, 5.41) is 9.19. The number of esters is 1. The van der Waals surface area contributed by atoms with Crippen molar-refractivity contribution in [3.8, 4) is 27.8 Å². The van der Waals surface area contributed by atoms with Crippen LogP contribution in [0.2, 0.25) is 0 Å². The Balaban J connectivity index is 1.51. The quantitative estimate of drug-likeness (QED) is 0.389. The van der Waals surface area contributed by atoms with Gasteiger partial charge in [-0.2, -0.15) is 5.10 Å². The van der Waals surface area contributed by atoms with E-state index < -0.39 is 18.5 Å². The van der Waals surface area contributed by atoms with Crippen molar-refractivity contribution in [1.82, 2.24) is 9.78 Å². The van der Waals surface area contributed by atoms with Crippen LogP contribution in [-0.4, -0.2) is 42.5 Å². The molecule has 1 N–H and O–H groups in total. The molecule has 168 valence electrons. The second-order valence-electron chi connectivity index (χ2n) is 6.83. The lowest BCUT2D eigenvalue weighted by atomic mass is 10.2. The molecule has 4 aromatic rings. The minimum Gasteiger partial charge on any atom is -0.497 e. The number of amides is 1. The monoisotopic (exact) mass is 463 g/mol. The lowest BCUT2D eigenvalue weighted by Crippen LogP contribution is -2.22. The van der Waals surface area contributed by atoms with Crippen LogP contribution in [0.25, 0.3) is 16.3 Å². The summed E-state index contributed by atoms with van der Waals surface area (Å²) >= 11 is 1.52. The van der Waals surface area contributed by atoms with Gasteiger partial charge in [-0.1, -0.05) is 24.3 Å². The number of methoxy groups -OCH3 is 2. The molecule has 0 bridgehead atoms. The molecule has 33 heavy (non-hydrogen) atoms. The van der Waals surface area contributed by atoms with Crippen molar-refractivity contribution in [2.75, 3.05) is 26.1 Å². The lowest BCUT2D eigenvalue weighted by molar-refractivity contribution is -0.119. The molecular weight excluding hydrogens is 442 g/mol. The highest BCUT2D eigenvalue weighted by atomic mass is 32.1. The first kappa shape index (κ1) is 22.1. The minimum atomic E-state index is -0.665. The molecule has 0 saturated carbocycles. The zero-order valence-corrected chi connectivity index (χ0v) is 18.8. The smallest absolute Gasteiger partial charge is 0.357 e. The van der Waals surface area contributed by atoms with Gasteiger partial charge >= 0.3 is 5.97 Å². The summed E-state index contributed by atoms with van der Waals surface area (Å²) in [5.41, 5.74) is 1.98. The molecule has 0 spiro atoms. The van der Waals surface area contributed by atoms with Gasteiger partial charge in [-0.15, -0.1) is 11.3 Å². The van der Waals surface area contributed by atoms with E-state index in [9.17, 15) is 9.59 Å². The summed E-state index contributed by atoms with van der Waals surface area (Å²) in [6, 6.07) is 19.8. The van der Waals surface area contributed by atoms with Crippen LogP contribution in [0.5, 0.6) is 11.5 Å². The molecule has 2 heterocycles. The predicted octanol–water partition coefficient (Wildman–Crippen LogP) is 4.41. The third-order valence-corrected chi connectivity index (χ3v) is 5.60. The summed E-state index contributed by atoms with van der Waals surface area (Å²) in [5.74, 6) is -0.171. The van der Waals surface area contributed by atoms with Crippen LogP contribution in [0.4, 0.5) is 5.69 Å². The number of para-hydroxylation sites is 1. The summed E-state index contributed by atoms with van der Waals surface area (Å²) in [6.45, 7) is -0.479. The van der Waals surface area contributed by atoms with Gasteiger partial charge in [-0.05, 0) is 35.7 Å². The van der Waals surface area contributed by atoms with Crippen molar-refractivity contribution in [3.63, 3.8) is 0 Å². The number of carbonyl (C=O) groups is 2. The average molecular weight is 464 g/mol. The van der Waals surface area contributed by atoms with E-state index in [0.717, 1.165) is 4.88 Å². The number of anilines is 1. The second kappa shape index (κ2) is 10.0. The van der Waals surface area contributed by atoms with Gasteiger partial charge < -0.3 is 19.5 Å². The molecule has 0 atom stereocenters. The molecule has 0 unspecified atom stereocenters. The van der Waals surface area contributed by atoms with E-state index in [-0.39, 0.29) is 5.69 Å². The number of aromatic nitrogens is 2. The first-order valence-corrected chi connectivity index (χ1v) is 10.9. The summed E-state index contributed by atoms with van der Waals surface area (Å²) in [6.07, 6.45) is 0. The SMILES string of the molecule is COc1ccc(OC)c(NC(=O)COC(=O)c2cc(-c3cccs3)nn2-c2ccccc2)c1. The molecule has 4 rings (SSSR count). The number of hydrogen-bond acceptors (Lipinski definition) is 7. The molecule has 8 nitrogen and oxygen atoms in total. The number of rotatable bonds is 8. The van der Waals surface area contributed by atoms with Crippen molar-refractivity contribution >= 4 is 28.9 Å². The fraction of sp³-hybridized carbons (Fsp3) is 0.125. The second-order valence-corrected chi connectivity index (χ2v) is 7.78. The van der Waals surface area contributed by atoms with Gasteiger partial charge in [0.25, 0.3) is 5.91 Å². The molecular formula is C24H21N3O5S. The van der Waals surface area contributed by atoms with Crippen molar-refractivity contribution in [3.05, 3.63) is 77.8 Å². The number of nitrogens with zero attached hydrogens (tertiary/aromatic N) is 2. The van der Waals surface area contributed by atoms with Crippen LogP contribution in [0.3, 0.4) is 0 Å². The Morgan fingerprint density at radius 1 is 1.00 bits per heavy atom. The van der Waals surface area contributed by atoms with Crippen LogP contribution >= 0.6 is 11.3 Å². The van der Waals surface area contributed by atoms with Gasteiger partial charge in [-0.3, -0.25) is 4.79 Å². The molecule has 0 aliphatic rings. The number of carbonyl (C=O) groups excluding carboxylic acids is 2. The summed E-state index contributed by atoms with van der Waals surface area (Å²) in [4.78, 5) is 26.3. The first-order valence-electron chi connectivity index (χ1n) is 9.97. The van der Waals surface area contributed by atoms with Crippen LogP contribution < -0.4 is 14.8 Å². The Hall–Kier alpha value is -4.11. The highest BCUT2D eigenvalue weighted by Gasteiger charge is 2.20. The van der Waals surface area contributed by atoms with Gasteiger partial charge in [0.15, 0.2) is 12.3 Å². The molecule has 0 radical (unpaired) electrons. The highest BCUT2D eigenvalue weighted by molar-refractivity contribution is 7.13. The summed E-state index contributed by atoms with van der Waals surface area (Å²) in [7, 11) is 3.02. The van der Waals surface area contributed by atoms with Crippen LogP contribution in [0.15, 0.2) is 72.1 Å². The fourth-order valence-corrected chi connectivity index (χ4v) is 3.82. The maximum atomic E-state index is 12.9. The minimum absolute atomic E-state index is 0.219. The molecule has 9 heteroatoms. The number of nitrogens with one attached hydrogen (secondary N) is 1. The van der Waals surface area contributed by atoms with E-state index in [1.54, 1.807) is 24.3 Å². The van der Waals surface area contributed by atoms with Crippen molar-refractivity contribution in [1.29, 1.82) is 0 Å². The van der Waals surface area contributed by atoms with Crippen LogP contribution in [0.1, 0.15) is 10.5 Å². The zero-order valence-electron chi connectivity index (χ0n) is 18.0. The normalized spacial score (nSPS) is 10.5. The average Bonchev–Trinajstić information content (AvgIpc) is 3.53. The van der Waals surface area contributed by atoms with Crippen molar-refractivity contribution < 1.29 is 23.8 Å². The Labute approximate surface area is 194 Å². The standard InChI is InChI=1S/C24H21N3O5S/c1-30-17-10-11-21(31-2)18(13-17)25-23(28)15-32-24(29)20-14-19(22-9-6-12-33-22)26-27(20)16-7-4-3-5-8-16/h3-14H,15H2,1-2H3,(H,25,28). The molecule has 1 amide bonds. The molecule has 0 saturated heterocycles. The first-order chi connectivity index (χ1) is 16.1. The topological polar surface area (TPSA) is 91.7 Å². The number of benzene rings is 2. The molecule has 0 fully saturated rings. The molecule has 2 aromatic carbocycles. The van der Waals surface area contributed by atoms with Gasteiger partial charge in [0.2, 0.25) is 0 Å². The van der Waals surface area contributed by atoms with Gasteiger partial charge in [0.1, 0.15) is 17.2 Å².